The molecule has 0 aliphatic rings. The van der Waals surface area contributed by atoms with Crippen LogP contribution in [0.1, 0.15) is 17.0 Å². The Labute approximate surface area is 133 Å². The Hall–Kier alpha value is -2.89. The Kier molecular flexibility index (Phi) is 3.73. The van der Waals surface area contributed by atoms with E-state index in [0.29, 0.717) is 16.9 Å². The van der Waals surface area contributed by atoms with Crippen LogP contribution in [0, 0.1) is 13.8 Å². The SMILES string of the molecule is COc1ccc(-c2nn3c(C)cc(C)nc3c2CC(=O)O)cc1. The van der Waals surface area contributed by atoms with Crippen LogP contribution in [0.15, 0.2) is 30.3 Å². The van der Waals surface area contributed by atoms with Gasteiger partial charge >= 0.3 is 5.97 Å². The number of carboxylic acids is 1. The summed E-state index contributed by atoms with van der Waals surface area (Å²) in [5.41, 5.74) is 4.44. The van der Waals surface area contributed by atoms with Crippen molar-refractivity contribution in [2.24, 2.45) is 0 Å². The molecule has 0 aliphatic heterocycles. The first-order valence-electron chi connectivity index (χ1n) is 7.21. The van der Waals surface area contributed by atoms with Gasteiger partial charge in [0.05, 0.1) is 19.2 Å². The van der Waals surface area contributed by atoms with Crippen molar-refractivity contribution in [1.29, 1.82) is 0 Å². The predicted octanol–water partition coefficient (Wildman–Crippen LogP) is 2.65. The summed E-state index contributed by atoms with van der Waals surface area (Å²) >= 11 is 0. The molecule has 0 aliphatic carbocycles. The molecule has 23 heavy (non-hydrogen) atoms. The van der Waals surface area contributed by atoms with E-state index >= 15 is 0 Å². The molecule has 2 heterocycles. The van der Waals surface area contributed by atoms with Gasteiger partial charge < -0.3 is 9.84 Å². The number of hydrogen-bond acceptors (Lipinski definition) is 4. The van der Waals surface area contributed by atoms with Gasteiger partial charge in [0.1, 0.15) is 5.75 Å². The second-order valence-electron chi connectivity index (χ2n) is 5.40. The highest BCUT2D eigenvalue weighted by Crippen LogP contribution is 2.28. The molecule has 1 N–H and O–H groups in total. The van der Waals surface area contributed by atoms with E-state index in [1.807, 2.05) is 44.2 Å². The third-order valence-corrected chi connectivity index (χ3v) is 3.68. The van der Waals surface area contributed by atoms with E-state index in [1.54, 1.807) is 11.6 Å². The molecule has 0 atom stereocenters. The fourth-order valence-electron chi connectivity index (χ4n) is 2.66. The number of aryl methyl sites for hydroxylation is 2. The Morgan fingerprint density at radius 3 is 2.57 bits per heavy atom. The second-order valence-corrected chi connectivity index (χ2v) is 5.40. The highest BCUT2D eigenvalue weighted by Gasteiger charge is 2.19. The molecule has 0 radical (unpaired) electrons. The number of hydrogen-bond donors (Lipinski definition) is 1. The van der Waals surface area contributed by atoms with Gasteiger partial charge in [0.15, 0.2) is 5.65 Å². The largest absolute Gasteiger partial charge is 0.497 e. The summed E-state index contributed by atoms with van der Waals surface area (Å²) < 4.78 is 6.86. The Balaban J connectivity index is 2.25. The molecule has 3 rings (SSSR count). The maximum absolute atomic E-state index is 11.3. The number of fused-ring (bicyclic) bond motifs is 1. The molecular formula is C17H17N3O3. The summed E-state index contributed by atoms with van der Waals surface area (Å²) in [5, 5.41) is 13.8. The Morgan fingerprint density at radius 1 is 1.26 bits per heavy atom. The lowest BCUT2D eigenvalue weighted by atomic mass is 10.1. The van der Waals surface area contributed by atoms with Crippen LogP contribution in [0.3, 0.4) is 0 Å². The number of aromatic nitrogens is 3. The molecule has 0 amide bonds. The molecule has 1 aromatic carbocycles. The van der Waals surface area contributed by atoms with Crippen molar-refractivity contribution in [2.45, 2.75) is 20.3 Å². The van der Waals surface area contributed by atoms with Gasteiger partial charge in [0.2, 0.25) is 0 Å². The molecule has 6 nitrogen and oxygen atoms in total. The zero-order valence-electron chi connectivity index (χ0n) is 13.2. The maximum atomic E-state index is 11.3. The third kappa shape index (κ3) is 2.75. The van der Waals surface area contributed by atoms with Gasteiger partial charge in [-0.05, 0) is 44.2 Å². The van der Waals surface area contributed by atoms with E-state index < -0.39 is 5.97 Å². The summed E-state index contributed by atoms with van der Waals surface area (Å²) in [5.74, 6) is -0.168. The van der Waals surface area contributed by atoms with E-state index in [0.717, 1.165) is 22.7 Å². The smallest absolute Gasteiger partial charge is 0.308 e. The zero-order chi connectivity index (χ0) is 16.6. The van der Waals surface area contributed by atoms with Gasteiger partial charge in [-0.1, -0.05) is 0 Å². The molecule has 0 unspecified atom stereocenters. The first kappa shape index (κ1) is 15.0. The van der Waals surface area contributed by atoms with Crippen LogP contribution >= 0.6 is 0 Å². The van der Waals surface area contributed by atoms with E-state index in [-0.39, 0.29) is 6.42 Å². The lowest BCUT2D eigenvalue weighted by Crippen LogP contribution is -2.03. The first-order chi connectivity index (χ1) is 11.0. The Bertz CT molecular complexity index is 882. The highest BCUT2D eigenvalue weighted by atomic mass is 16.5. The minimum atomic E-state index is -0.907. The molecule has 6 heteroatoms. The van der Waals surface area contributed by atoms with Crippen molar-refractivity contribution in [2.75, 3.05) is 7.11 Å². The van der Waals surface area contributed by atoms with Crippen LogP contribution in [-0.2, 0) is 11.2 Å². The molecule has 2 aromatic heterocycles. The maximum Gasteiger partial charge on any atom is 0.308 e. The van der Waals surface area contributed by atoms with Crippen molar-refractivity contribution in [3.05, 3.63) is 47.3 Å². The summed E-state index contributed by atoms with van der Waals surface area (Å²) in [4.78, 5) is 15.8. The summed E-state index contributed by atoms with van der Waals surface area (Å²) in [7, 11) is 1.60. The molecule has 0 spiro atoms. The molecule has 118 valence electrons. The fraction of sp³-hybridized carbons (Fsp3) is 0.235. The zero-order valence-corrected chi connectivity index (χ0v) is 13.2. The molecule has 0 saturated carbocycles. The lowest BCUT2D eigenvalue weighted by molar-refractivity contribution is -0.136. The van der Waals surface area contributed by atoms with Crippen molar-refractivity contribution < 1.29 is 14.6 Å². The van der Waals surface area contributed by atoms with Crippen LogP contribution < -0.4 is 4.74 Å². The number of aliphatic carboxylic acids is 1. The molecule has 3 aromatic rings. The summed E-state index contributed by atoms with van der Waals surface area (Å²) in [6.45, 7) is 3.81. The number of carboxylic acid groups (broad SMARTS) is 1. The van der Waals surface area contributed by atoms with E-state index in [9.17, 15) is 9.90 Å². The van der Waals surface area contributed by atoms with Gasteiger partial charge in [-0.2, -0.15) is 5.10 Å². The number of rotatable bonds is 4. The molecular weight excluding hydrogens is 294 g/mol. The van der Waals surface area contributed by atoms with Gasteiger partial charge in [0.25, 0.3) is 0 Å². The molecule has 0 saturated heterocycles. The monoisotopic (exact) mass is 311 g/mol. The third-order valence-electron chi connectivity index (χ3n) is 3.68. The number of benzene rings is 1. The number of carbonyl (C=O) groups is 1. The quantitative estimate of drug-likeness (QED) is 0.801. The van der Waals surface area contributed by atoms with Crippen molar-refractivity contribution >= 4 is 11.6 Å². The first-order valence-corrected chi connectivity index (χ1v) is 7.21. The fourth-order valence-corrected chi connectivity index (χ4v) is 2.66. The Morgan fingerprint density at radius 2 is 1.96 bits per heavy atom. The minimum absolute atomic E-state index is 0.124. The van der Waals surface area contributed by atoms with Crippen LogP contribution in [0.5, 0.6) is 5.75 Å². The van der Waals surface area contributed by atoms with Crippen LogP contribution in [0.25, 0.3) is 16.9 Å². The molecule has 0 bridgehead atoms. The van der Waals surface area contributed by atoms with Crippen molar-refractivity contribution in [3.8, 4) is 17.0 Å². The van der Waals surface area contributed by atoms with Crippen LogP contribution in [-0.4, -0.2) is 32.8 Å². The summed E-state index contributed by atoms with van der Waals surface area (Å²) in [6.07, 6.45) is -0.124. The van der Waals surface area contributed by atoms with Crippen molar-refractivity contribution in [1.82, 2.24) is 14.6 Å². The van der Waals surface area contributed by atoms with Gasteiger partial charge in [-0.3, -0.25) is 4.79 Å². The van der Waals surface area contributed by atoms with Gasteiger partial charge in [-0.25, -0.2) is 9.50 Å². The van der Waals surface area contributed by atoms with Crippen LogP contribution in [0.2, 0.25) is 0 Å². The van der Waals surface area contributed by atoms with E-state index in [1.165, 1.54) is 0 Å². The van der Waals surface area contributed by atoms with Crippen molar-refractivity contribution in [3.63, 3.8) is 0 Å². The van der Waals surface area contributed by atoms with Crippen LogP contribution in [0.4, 0.5) is 0 Å². The highest BCUT2D eigenvalue weighted by molar-refractivity contribution is 5.80. The predicted molar refractivity (Wildman–Crippen MR) is 85.8 cm³/mol. The lowest BCUT2D eigenvalue weighted by Gasteiger charge is -2.03. The van der Waals surface area contributed by atoms with Gasteiger partial charge in [0, 0.05) is 22.5 Å². The summed E-state index contributed by atoms with van der Waals surface area (Å²) in [6, 6.07) is 9.31. The average Bonchev–Trinajstić information content (AvgIpc) is 2.86. The minimum Gasteiger partial charge on any atom is -0.497 e. The standard InChI is InChI=1S/C17H17N3O3/c1-10-8-11(2)20-17(18-10)14(9-15(21)22)16(19-20)12-4-6-13(23-3)7-5-12/h4-8H,9H2,1-3H3,(H,21,22). The average molecular weight is 311 g/mol. The van der Waals surface area contributed by atoms with E-state index in [2.05, 4.69) is 10.1 Å². The van der Waals surface area contributed by atoms with Gasteiger partial charge in [-0.15, -0.1) is 0 Å². The normalized spacial score (nSPS) is 10.9. The number of ether oxygens (including phenoxy) is 1. The molecule has 0 fully saturated rings. The second kappa shape index (κ2) is 5.72. The van der Waals surface area contributed by atoms with E-state index in [4.69, 9.17) is 4.74 Å². The number of methoxy groups -OCH3 is 1. The number of nitrogens with zero attached hydrogens (tertiary/aromatic N) is 3. The topological polar surface area (TPSA) is 76.7 Å².